The monoisotopic (exact) mass is 609 g/mol. The van der Waals surface area contributed by atoms with E-state index in [1.54, 1.807) is 0 Å². The minimum atomic E-state index is -0.533. The van der Waals surface area contributed by atoms with E-state index >= 15 is 0 Å². The molecule has 0 aromatic carbocycles. The Bertz CT molecular complexity index is 520. The highest BCUT2D eigenvalue weighted by molar-refractivity contribution is 5.69. The van der Waals surface area contributed by atoms with Crippen LogP contribution in [0.5, 0.6) is 0 Å². The molecule has 0 rings (SSSR count). The van der Waals surface area contributed by atoms with Gasteiger partial charge in [0, 0.05) is 0 Å². The van der Waals surface area contributed by atoms with Crippen LogP contribution in [0.3, 0.4) is 0 Å². The van der Waals surface area contributed by atoms with Crippen LogP contribution in [-0.2, 0) is 9.53 Å². The molecule has 43 heavy (non-hydrogen) atoms. The lowest BCUT2D eigenvalue weighted by Crippen LogP contribution is -2.16. The van der Waals surface area contributed by atoms with E-state index in [2.05, 4.69) is 13.8 Å². The molecule has 258 valence electrons. The van der Waals surface area contributed by atoms with Crippen LogP contribution in [0.1, 0.15) is 239 Å². The van der Waals surface area contributed by atoms with Gasteiger partial charge in [-0.3, -0.25) is 4.79 Å². The van der Waals surface area contributed by atoms with Crippen molar-refractivity contribution in [3.63, 3.8) is 0 Å². The topological polar surface area (TPSA) is 46.5 Å². The highest BCUT2D eigenvalue weighted by atomic mass is 16.5. The highest BCUT2D eigenvalue weighted by Gasteiger charge is 2.11. The smallest absolute Gasteiger partial charge is 0.308 e. The maximum absolute atomic E-state index is 12.0. The van der Waals surface area contributed by atoms with Crippen LogP contribution >= 0.6 is 0 Å². The van der Waals surface area contributed by atoms with Crippen molar-refractivity contribution in [3.8, 4) is 0 Å². The molecule has 0 spiro atoms. The van der Waals surface area contributed by atoms with Crippen molar-refractivity contribution in [2.45, 2.75) is 245 Å². The normalized spacial score (nSPS) is 12.2. The van der Waals surface area contributed by atoms with Crippen LogP contribution in [0.25, 0.3) is 0 Å². The van der Waals surface area contributed by atoms with Gasteiger partial charge in [-0.2, -0.15) is 0 Å². The van der Waals surface area contributed by atoms with Crippen molar-refractivity contribution in [1.29, 1.82) is 0 Å². The first-order chi connectivity index (χ1) is 21.2. The zero-order valence-corrected chi connectivity index (χ0v) is 29.8. The fourth-order valence-electron chi connectivity index (χ4n) is 6.29. The number of carbonyl (C=O) groups excluding carboxylic acids is 1. The average Bonchev–Trinajstić information content (AvgIpc) is 3.00. The molecule has 0 amide bonds. The van der Waals surface area contributed by atoms with E-state index in [0.29, 0.717) is 6.61 Å². The third-order valence-electron chi connectivity index (χ3n) is 9.30. The molecule has 0 radical (unpaired) electrons. The summed E-state index contributed by atoms with van der Waals surface area (Å²) < 4.78 is 5.37. The van der Waals surface area contributed by atoms with Gasteiger partial charge in [0.05, 0.1) is 19.1 Å². The number of aliphatic hydroxyl groups is 1. The standard InChI is InChI=1S/C40H80O3/c1-3-5-7-9-11-13-15-17-19-21-22-24-26-28-30-32-34-36-39(41)38-40(42)43-37-35-33-31-29-27-25-23-20-18-16-14-12-10-8-6-4-2/h39,41H,3-38H2,1-2H3. The van der Waals surface area contributed by atoms with Gasteiger partial charge < -0.3 is 9.84 Å². The van der Waals surface area contributed by atoms with E-state index in [4.69, 9.17) is 4.74 Å². The maximum atomic E-state index is 12.0. The largest absolute Gasteiger partial charge is 0.466 e. The van der Waals surface area contributed by atoms with Gasteiger partial charge in [-0.15, -0.1) is 0 Å². The molecule has 0 aliphatic heterocycles. The Morgan fingerprint density at radius 1 is 0.419 bits per heavy atom. The van der Waals surface area contributed by atoms with E-state index in [9.17, 15) is 9.90 Å². The summed E-state index contributed by atoms with van der Waals surface area (Å²) in [6, 6.07) is 0. The molecule has 0 aliphatic rings. The predicted molar refractivity (Wildman–Crippen MR) is 190 cm³/mol. The van der Waals surface area contributed by atoms with E-state index in [0.717, 1.165) is 25.7 Å². The predicted octanol–water partition coefficient (Wildman–Crippen LogP) is 13.6. The minimum Gasteiger partial charge on any atom is -0.466 e. The zero-order valence-electron chi connectivity index (χ0n) is 29.8. The summed E-state index contributed by atoms with van der Waals surface area (Å²) in [6.45, 7) is 5.09. The lowest BCUT2D eigenvalue weighted by Gasteiger charge is -2.10. The summed E-state index contributed by atoms with van der Waals surface area (Å²) in [5.41, 5.74) is 0. The molecule has 0 saturated heterocycles. The Balaban J connectivity index is 3.26. The van der Waals surface area contributed by atoms with Gasteiger partial charge in [-0.1, -0.05) is 219 Å². The first-order valence-corrected chi connectivity index (χ1v) is 20.0. The van der Waals surface area contributed by atoms with Gasteiger partial charge in [0.25, 0.3) is 0 Å². The Hall–Kier alpha value is -0.570. The second kappa shape index (κ2) is 37.6. The molecule has 0 bridgehead atoms. The number of carbonyl (C=O) groups is 1. The molecule has 1 atom stereocenters. The Morgan fingerprint density at radius 2 is 0.674 bits per heavy atom. The summed E-state index contributed by atoms with van der Waals surface area (Å²) in [4.78, 5) is 12.0. The van der Waals surface area contributed by atoms with Gasteiger partial charge >= 0.3 is 5.97 Å². The number of esters is 1. The lowest BCUT2D eigenvalue weighted by atomic mass is 10.0. The van der Waals surface area contributed by atoms with Crippen LogP contribution in [0.4, 0.5) is 0 Å². The van der Waals surface area contributed by atoms with Gasteiger partial charge in [0.1, 0.15) is 0 Å². The van der Waals surface area contributed by atoms with Gasteiger partial charge in [0.15, 0.2) is 0 Å². The first kappa shape index (κ1) is 42.4. The molecule has 0 heterocycles. The van der Waals surface area contributed by atoms with Crippen molar-refractivity contribution < 1.29 is 14.6 Å². The summed E-state index contributed by atoms with van der Waals surface area (Å²) in [6.07, 6.45) is 45.1. The Kier molecular flexibility index (Phi) is 37.1. The molecule has 3 nitrogen and oxygen atoms in total. The third-order valence-corrected chi connectivity index (χ3v) is 9.30. The van der Waals surface area contributed by atoms with Crippen LogP contribution in [0.15, 0.2) is 0 Å². The molecule has 1 N–H and O–H groups in total. The second-order valence-electron chi connectivity index (χ2n) is 13.8. The number of ether oxygens (including phenoxy) is 1. The number of hydrogen-bond donors (Lipinski definition) is 1. The highest BCUT2D eigenvalue weighted by Crippen LogP contribution is 2.16. The zero-order chi connectivity index (χ0) is 31.3. The molecule has 3 heteroatoms. The van der Waals surface area contributed by atoms with Crippen LogP contribution in [0.2, 0.25) is 0 Å². The average molecular weight is 609 g/mol. The fourth-order valence-corrected chi connectivity index (χ4v) is 6.29. The van der Waals surface area contributed by atoms with E-state index in [1.807, 2.05) is 0 Å². The molecular formula is C40H80O3. The SMILES string of the molecule is CCCCCCCCCCCCCCCCCCCC(O)CC(=O)OCCCCCCCCCCCCCCCCCC. The Morgan fingerprint density at radius 3 is 0.977 bits per heavy atom. The molecule has 1 unspecified atom stereocenters. The van der Waals surface area contributed by atoms with Crippen LogP contribution in [0, 0.1) is 0 Å². The summed E-state index contributed by atoms with van der Waals surface area (Å²) in [5.74, 6) is -0.222. The molecule has 0 aromatic rings. The van der Waals surface area contributed by atoms with Crippen molar-refractivity contribution >= 4 is 5.97 Å². The van der Waals surface area contributed by atoms with Gasteiger partial charge in [0.2, 0.25) is 0 Å². The summed E-state index contributed by atoms with van der Waals surface area (Å²) >= 11 is 0. The molecule has 0 fully saturated rings. The maximum Gasteiger partial charge on any atom is 0.308 e. The van der Waals surface area contributed by atoms with E-state index in [1.165, 1.54) is 193 Å². The van der Waals surface area contributed by atoms with E-state index in [-0.39, 0.29) is 12.4 Å². The third kappa shape index (κ3) is 37.5. The molecule has 0 aliphatic carbocycles. The van der Waals surface area contributed by atoms with Crippen molar-refractivity contribution in [2.24, 2.45) is 0 Å². The summed E-state index contributed by atoms with van der Waals surface area (Å²) in [5, 5.41) is 10.2. The van der Waals surface area contributed by atoms with Crippen molar-refractivity contribution in [3.05, 3.63) is 0 Å². The number of aliphatic hydroxyl groups excluding tert-OH is 1. The minimum absolute atomic E-state index is 0.164. The quantitative estimate of drug-likeness (QED) is 0.0563. The van der Waals surface area contributed by atoms with Gasteiger partial charge in [-0.05, 0) is 12.8 Å². The van der Waals surface area contributed by atoms with Crippen LogP contribution in [-0.4, -0.2) is 23.8 Å². The van der Waals surface area contributed by atoms with Gasteiger partial charge in [-0.25, -0.2) is 0 Å². The van der Waals surface area contributed by atoms with Crippen molar-refractivity contribution in [2.75, 3.05) is 6.61 Å². The van der Waals surface area contributed by atoms with E-state index < -0.39 is 6.10 Å². The molecule has 0 saturated carbocycles. The summed E-state index contributed by atoms with van der Waals surface area (Å²) in [7, 11) is 0. The number of rotatable bonds is 37. The number of hydrogen-bond acceptors (Lipinski definition) is 3. The Labute approximate surface area is 271 Å². The lowest BCUT2D eigenvalue weighted by molar-refractivity contribution is -0.146. The molecule has 0 aromatic heterocycles. The second-order valence-corrected chi connectivity index (χ2v) is 13.8. The first-order valence-electron chi connectivity index (χ1n) is 20.0. The fraction of sp³-hybridized carbons (Fsp3) is 0.975. The van der Waals surface area contributed by atoms with Crippen molar-refractivity contribution in [1.82, 2.24) is 0 Å². The molecular weight excluding hydrogens is 528 g/mol. The number of unbranched alkanes of at least 4 members (excludes halogenated alkanes) is 31. The van der Waals surface area contributed by atoms with Crippen LogP contribution < -0.4 is 0 Å².